The number of aliphatic hydroxyl groups excluding tert-OH is 1. The van der Waals surface area contributed by atoms with Crippen LogP contribution in [0.2, 0.25) is 5.02 Å². The first-order valence-electron chi connectivity index (χ1n) is 5.02. The fourth-order valence-corrected chi connectivity index (χ4v) is 1.63. The molecule has 1 N–H and O–H groups in total. The molecule has 0 fully saturated rings. The zero-order chi connectivity index (χ0) is 12.3. The molecule has 4 nitrogen and oxygen atoms in total. The number of ether oxygens (including phenoxy) is 1. The molecule has 0 radical (unpaired) electrons. The van der Waals surface area contributed by atoms with Crippen molar-refractivity contribution in [2.75, 3.05) is 7.11 Å². The van der Waals surface area contributed by atoms with Crippen LogP contribution < -0.4 is 4.74 Å². The number of hydrogen-bond donors (Lipinski definition) is 1. The van der Waals surface area contributed by atoms with Crippen molar-refractivity contribution in [1.29, 1.82) is 0 Å². The SMILES string of the molecule is COc1ccc(C(O)c2cccc(Cl)c2)nn1. The maximum atomic E-state index is 10.1. The van der Waals surface area contributed by atoms with E-state index in [9.17, 15) is 5.11 Å². The number of hydrogen-bond acceptors (Lipinski definition) is 4. The van der Waals surface area contributed by atoms with E-state index in [1.807, 2.05) is 0 Å². The predicted molar refractivity (Wildman–Crippen MR) is 64.1 cm³/mol. The second-order valence-corrected chi connectivity index (χ2v) is 3.89. The lowest BCUT2D eigenvalue weighted by Crippen LogP contribution is -2.04. The Hall–Kier alpha value is -1.65. The van der Waals surface area contributed by atoms with Crippen molar-refractivity contribution in [3.63, 3.8) is 0 Å². The molecular weight excluding hydrogens is 240 g/mol. The van der Waals surface area contributed by atoms with E-state index in [4.69, 9.17) is 16.3 Å². The predicted octanol–water partition coefficient (Wildman–Crippen LogP) is 2.22. The smallest absolute Gasteiger partial charge is 0.233 e. The molecule has 0 aliphatic heterocycles. The monoisotopic (exact) mass is 250 g/mol. The van der Waals surface area contributed by atoms with Crippen LogP contribution in [0.25, 0.3) is 0 Å². The summed E-state index contributed by atoms with van der Waals surface area (Å²) in [5.74, 6) is 0.409. The molecule has 0 spiro atoms. The Balaban J connectivity index is 2.27. The van der Waals surface area contributed by atoms with Crippen LogP contribution in [0.4, 0.5) is 0 Å². The van der Waals surface area contributed by atoms with E-state index >= 15 is 0 Å². The highest BCUT2D eigenvalue weighted by atomic mass is 35.5. The van der Waals surface area contributed by atoms with Gasteiger partial charge in [-0.25, -0.2) is 0 Å². The van der Waals surface area contributed by atoms with Crippen molar-refractivity contribution in [3.8, 4) is 5.88 Å². The third-order valence-electron chi connectivity index (χ3n) is 2.31. The molecule has 17 heavy (non-hydrogen) atoms. The summed E-state index contributed by atoms with van der Waals surface area (Å²) in [6.07, 6.45) is -0.841. The van der Waals surface area contributed by atoms with E-state index in [0.717, 1.165) is 0 Å². The molecule has 0 aliphatic rings. The standard InChI is InChI=1S/C12H11ClN2O2/c1-17-11-6-5-10(14-15-11)12(16)8-3-2-4-9(13)7-8/h2-7,12,16H,1H3. The molecule has 1 atom stereocenters. The molecular formula is C12H11ClN2O2. The largest absolute Gasteiger partial charge is 0.480 e. The lowest BCUT2D eigenvalue weighted by atomic mass is 10.1. The lowest BCUT2D eigenvalue weighted by Gasteiger charge is -2.10. The maximum Gasteiger partial charge on any atom is 0.233 e. The van der Waals surface area contributed by atoms with Gasteiger partial charge in [0.2, 0.25) is 5.88 Å². The molecule has 1 heterocycles. The van der Waals surface area contributed by atoms with E-state index in [2.05, 4.69) is 10.2 Å². The second kappa shape index (κ2) is 5.12. The number of aliphatic hydroxyl groups is 1. The van der Waals surface area contributed by atoms with Gasteiger partial charge in [-0.05, 0) is 23.8 Å². The molecule has 88 valence electrons. The van der Waals surface area contributed by atoms with Crippen molar-refractivity contribution < 1.29 is 9.84 Å². The summed E-state index contributed by atoms with van der Waals surface area (Å²) in [5.41, 5.74) is 1.13. The van der Waals surface area contributed by atoms with Gasteiger partial charge in [-0.1, -0.05) is 23.7 Å². The van der Waals surface area contributed by atoms with Crippen LogP contribution in [0.15, 0.2) is 36.4 Å². The van der Waals surface area contributed by atoms with Crippen LogP contribution >= 0.6 is 11.6 Å². The van der Waals surface area contributed by atoms with Gasteiger partial charge < -0.3 is 9.84 Å². The zero-order valence-electron chi connectivity index (χ0n) is 9.17. The number of halogens is 1. The Morgan fingerprint density at radius 2 is 2.06 bits per heavy atom. The van der Waals surface area contributed by atoms with Gasteiger partial charge in [0.25, 0.3) is 0 Å². The molecule has 0 saturated heterocycles. The molecule has 5 heteroatoms. The Kier molecular flexibility index (Phi) is 3.56. The third kappa shape index (κ3) is 2.72. The Morgan fingerprint density at radius 1 is 1.24 bits per heavy atom. The van der Waals surface area contributed by atoms with E-state index < -0.39 is 6.10 Å². The van der Waals surface area contributed by atoms with Gasteiger partial charge in [0.1, 0.15) is 6.10 Å². The maximum absolute atomic E-state index is 10.1. The molecule has 0 bridgehead atoms. The molecule has 2 aromatic rings. The number of nitrogens with zero attached hydrogens (tertiary/aromatic N) is 2. The van der Waals surface area contributed by atoms with Gasteiger partial charge in [0.05, 0.1) is 12.8 Å². The average Bonchev–Trinajstić information content (AvgIpc) is 2.38. The van der Waals surface area contributed by atoms with Gasteiger partial charge in [-0.15, -0.1) is 10.2 Å². The van der Waals surface area contributed by atoms with Gasteiger partial charge >= 0.3 is 0 Å². The highest BCUT2D eigenvalue weighted by Gasteiger charge is 2.12. The van der Waals surface area contributed by atoms with Crippen LogP contribution in [-0.4, -0.2) is 22.4 Å². The number of methoxy groups -OCH3 is 1. The van der Waals surface area contributed by atoms with E-state index in [1.54, 1.807) is 36.4 Å². The van der Waals surface area contributed by atoms with Crippen LogP contribution in [-0.2, 0) is 0 Å². The highest BCUT2D eigenvalue weighted by molar-refractivity contribution is 6.30. The molecule has 2 rings (SSSR count). The molecule has 1 aromatic heterocycles. The molecule has 0 saturated carbocycles. The summed E-state index contributed by atoms with van der Waals surface area (Å²) in [6.45, 7) is 0. The number of rotatable bonds is 3. The molecule has 0 amide bonds. The van der Waals surface area contributed by atoms with Crippen LogP contribution in [0.1, 0.15) is 17.4 Å². The molecule has 0 aliphatic carbocycles. The summed E-state index contributed by atoms with van der Waals surface area (Å²) in [5, 5.41) is 18.3. The minimum absolute atomic E-state index is 0.409. The lowest BCUT2D eigenvalue weighted by molar-refractivity contribution is 0.213. The Morgan fingerprint density at radius 3 is 2.65 bits per heavy atom. The molecule has 1 unspecified atom stereocenters. The van der Waals surface area contributed by atoms with Crippen molar-refractivity contribution in [3.05, 3.63) is 52.7 Å². The van der Waals surface area contributed by atoms with Gasteiger partial charge in [0.15, 0.2) is 0 Å². The first kappa shape index (κ1) is 11.8. The number of aromatic nitrogens is 2. The fourth-order valence-electron chi connectivity index (χ4n) is 1.43. The number of benzene rings is 1. The van der Waals surface area contributed by atoms with Crippen LogP contribution in [0.3, 0.4) is 0 Å². The van der Waals surface area contributed by atoms with Crippen molar-refractivity contribution in [2.24, 2.45) is 0 Å². The van der Waals surface area contributed by atoms with Crippen LogP contribution in [0, 0.1) is 0 Å². The van der Waals surface area contributed by atoms with E-state index in [1.165, 1.54) is 7.11 Å². The molecule has 1 aromatic carbocycles. The summed E-state index contributed by atoms with van der Waals surface area (Å²) in [7, 11) is 1.51. The van der Waals surface area contributed by atoms with Gasteiger partial charge in [-0.2, -0.15) is 0 Å². The third-order valence-corrected chi connectivity index (χ3v) is 2.55. The van der Waals surface area contributed by atoms with Crippen molar-refractivity contribution in [1.82, 2.24) is 10.2 Å². The second-order valence-electron chi connectivity index (χ2n) is 3.46. The van der Waals surface area contributed by atoms with E-state index in [-0.39, 0.29) is 0 Å². The Bertz CT molecular complexity index is 502. The van der Waals surface area contributed by atoms with Gasteiger partial charge in [-0.3, -0.25) is 0 Å². The Labute approximate surface area is 104 Å². The minimum Gasteiger partial charge on any atom is -0.480 e. The topological polar surface area (TPSA) is 55.2 Å². The first-order chi connectivity index (χ1) is 8.20. The van der Waals surface area contributed by atoms with Crippen LogP contribution in [0.5, 0.6) is 5.88 Å². The summed E-state index contributed by atoms with van der Waals surface area (Å²) in [4.78, 5) is 0. The van der Waals surface area contributed by atoms with Crippen molar-refractivity contribution in [2.45, 2.75) is 6.10 Å². The average molecular weight is 251 g/mol. The summed E-state index contributed by atoms with van der Waals surface area (Å²) < 4.78 is 4.90. The fraction of sp³-hybridized carbons (Fsp3) is 0.167. The van der Waals surface area contributed by atoms with E-state index in [0.29, 0.717) is 22.2 Å². The zero-order valence-corrected chi connectivity index (χ0v) is 9.93. The summed E-state index contributed by atoms with van der Waals surface area (Å²) >= 11 is 5.86. The highest BCUT2D eigenvalue weighted by Crippen LogP contribution is 2.22. The normalized spacial score (nSPS) is 12.2. The quantitative estimate of drug-likeness (QED) is 0.908. The van der Waals surface area contributed by atoms with Crippen molar-refractivity contribution >= 4 is 11.6 Å². The first-order valence-corrected chi connectivity index (χ1v) is 5.39. The minimum atomic E-state index is -0.841. The summed E-state index contributed by atoms with van der Waals surface area (Å²) in [6, 6.07) is 10.3. The van der Waals surface area contributed by atoms with Gasteiger partial charge in [0, 0.05) is 11.1 Å².